The molecule has 0 aromatic heterocycles. The lowest BCUT2D eigenvalue weighted by Crippen LogP contribution is -2.26. The Balaban J connectivity index is 1.90. The molecule has 216 valence electrons. The summed E-state index contributed by atoms with van der Waals surface area (Å²) in [6, 6.07) is 36.6. The van der Waals surface area contributed by atoms with E-state index in [1.807, 2.05) is 0 Å². The van der Waals surface area contributed by atoms with E-state index in [0.717, 1.165) is 12.3 Å². The Kier molecular flexibility index (Phi) is 9.69. The van der Waals surface area contributed by atoms with Crippen molar-refractivity contribution in [2.24, 2.45) is 0 Å². The molecule has 0 saturated carbocycles. The van der Waals surface area contributed by atoms with Gasteiger partial charge in [0, 0.05) is 11.6 Å². The third-order valence-electron chi connectivity index (χ3n) is 8.51. The summed E-state index contributed by atoms with van der Waals surface area (Å²) in [5.74, 6) is 0. The van der Waals surface area contributed by atoms with Crippen molar-refractivity contribution in [2.45, 2.75) is 97.3 Å². The highest BCUT2D eigenvalue weighted by molar-refractivity contribution is 7.72. The largest absolute Gasteiger partial charge is 0.0911 e. The topological polar surface area (TPSA) is 0 Å². The second-order valence-corrected chi connectivity index (χ2v) is 20.1. The van der Waals surface area contributed by atoms with E-state index in [1.165, 1.54) is 38.4 Å². The number of benzene rings is 4. The smallest absolute Gasteiger partial charge is 0.0146 e. The van der Waals surface area contributed by atoms with Gasteiger partial charge in [0.25, 0.3) is 0 Å². The number of rotatable bonds is 8. The lowest BCUT2D eigenvalue weighted by Gasteiger charge is -2.42. The van der Waals surface area contributed by atoms with Crippen LogP contribution >= 0.6 is 15.8 Å². The van der Waals surface area contributed by atoms with Crippen molar-refractivity contribution in [3.8, 4) is 0 Å². The highest BCUT2D eigenvalue weighted by Crippen LogP contribution is 2.61. The van der Waals surface area contributed by atoms with E-state index in [0.29, 0.717) is 0 Å². The van der Waals surface area contributed by atoms with E-state index < -0.39 is 7.92 Å². The van der Waals surface area contributed by atoms with Crippen LogP contribution < -0.4 is 10.6 Å². The average Bonchev–Trinajstić information content (AvgIpc) is 2.91. The molecule has 4 aromatic rings. The molecule has 0 fully saturated rings. The highest BCUT2D eigenvalue weighted by Gasteiger charge is 2.35. The summed E-state index contributed by atoms with van der Waals surface area (Å²) >= 11 is 0. The maximum atomic E-state index is 2.58. The minimum absolute atomic E-state index is 0.0680. The Morgan fingerprint density at radius 1 is 0.488 bits per heavy atom. The van der Waals surface area contributed by atoms with Gasteiger partial charge in [0.05, 0.1) is 0 Å². The summed E-state index contributed by atoms with van der Waals surface area (Å²) < 4.78 is 0. The van der Waals surface area contributed by atoms with Crippen LogP contribution in [0.2, 0.25) is 0 Å². The Morgan fingerprint density at radius 3 is 1.46 bits per heavy atom. The van der Waals surface area contributed by atoms with Crippen molar-refractivity contribution >= 4 is 26.5 Å². The highest BCUT2D eigenvalue weighted by atomic mass is 31.1. The third-order valence-corrected chi connectivity index (χ3v) is 15.2. The second kappa shape index (κ2) is 12.5. The molecule has 0 unspecified atom stereocenters. The normalized spacial score (nSPS) is 12.8. The lowest BCUT2D eigenvalue weighted by molar-refractivity contribution is 0.639. The fourth-order valence-corrected chi connectivity index (χ4v) is 12.6. The van der Waals surface area contributed by atoms with Gasteiger partial charge in [0.2, 0.25) is 0 Å². The van der Waals surface area contributed by atoms with Crippen LogP contribution in [0.15, 0.2) is 97.1 Å². The first-order chi connectivity index (χ1) is 19.2. The van der Waals surface area contributed by atoms with E-state index in [1.54, 1.807) is 5.56 Å². The number of hydrogen-bond donors (Lipinski definition) is 0. The number of hydrogen-bond acceptors (Lipinski definition) is 0. The molecule has 0 heterocycles. The molecule has 2 heteroatoms. The zero-order valence-corrected chi connectivity index (χ0v) is 28.8. The van der Waals surface area contributed by atoms with Gasteiger partial charge in [0.15, 0.2) is 0 Å². The molecular weight excluding hydrogens is 530 g/mol. The van der Waals surface area contributed by atoms with Crippen LogP contribution in [0.4, 0.5) is 0 Å². The SMILES string of the molecule is Cc1ccccc1P(Cc1cc(C(C)(C)c2ccccc2)ccc1CP(C(C)(C)C)C(C)(C)C)c1ccccc1C. The predicted molar refractivity (Wildman–Crippen MR) is 187 cm³/mol. The van der Waals surface area contributed by atoms with Gasteiger partial charge < -0.3 is 0 Å². The van der Waals surface area contributed by atoms with Crippen LogP contribution in [-0.4, -0.2) is 10.3 Å². The van der Waals surface area contributed by atoms with Crippen molar-refractivity contribution in [3.63, 3.8) is 0 Å². The van der Waals surface area contributed by atoms with Crippen LogP contribution in [0.3, 0.4) is 0 Å². The van der Waals surface area contributed by atoms with E-state index in [4.69, 9.17) is 0 Å². The van der Waals surface area contributed by atoms with Crippen molar-refractivity contribution < 1.29 is 0 Å². The van der Waals surface area contributed by atoms with Crippen LogP contribution in [0.1, 0.15) is 88.8 Å². The first-order valence-electron chi connectivity index (χ1n) is 15.0. The van der Waals surface area contributed by atoms with Gasteiger partial charge in [-0.2, -0.15) is 0 Å². The minimum Gasteiger partial charge on any atom is -0.0911 e. The molecule has 4 rings (SSSR count). The first-order valence-corrected chi connectivity index (χ1v) is 18.1. The molecule has 41 heavy (non-hydrogen) atoms. The fraction of sp³-hybridized carbons (Fsp3) is 0.385. The summed E-state index contributed by atoms with van der Waals surface area (Å²) in [7, 11) is -0.817. The van der Waals surface area contributed by atoms with Gasteiger partial charge in [-0.3, -0.25) is 0 Å². The van der Waals surface area contributed by atoms with Crippen molar-refractivity contribution in [1.82, 2.24) is 0 Å². The summed E-state index contributed by atoms with van der Waals surface area (Å²) in [4.78, 5) is 0. The van der Waals surface area contributed by atoms with E-state index in [9.17, 15) is 0 Å². The molecule has 0 nitrogen and oxygen atoms in total. The molecule has 0 amide bonds. The van der Waals surface area contributed by atoms with Gasteiger partial charge in [-0.1, -0.05) is 160 Å². The summed E-state index contributed by atoms with van der Waals surface area (Å²) in [5, 5.41) is 3.57. The molecule has 0 saturated heterocycles. The Hall–Kier alpha value is -2.26. The summed E-state index contributed by atoms with van der Waals surface area (Å²) in [5.41, 5.74) is 8.58. The average molecular weight is 581 g/mol. The maximum absolute atomic E-state index is 2.58. The Labute approximate surface area is 253 Å². The molecular formula is C39H50P2. The molecule has 4 aromatic carbocycles. The van der Waals surface area contributed by atoms with Gasteiger partial charge in [-0.05, 0) is 82.2 Å². The lowest BCUT2D eigenvalue weighted by atomic mass is 9.77. The van der Waals surface area contributed by atoms with Gasteiger partial charge >= 0.3 is 0 Å². The third kappa shape index (κ3) is 7.39. The Morgan fingerprint density at radius 2 is 0.976 bits per heavy atom. The van der Waals surface area contributed by atoms with E-state index >= 15 is 0 Å². The van der Waals surface area contributed by atoms with Crippen LogP contribution in [-0.2, 0) is 17.7 Å². The molecule has 0 bridgehead atoms. The monoisotopic (exact) mass is 580 g/mol. The van der Waals surface area contributed by atoms with Gasteiger partial charge in [-0.25, -0.2) is 0 Å². The number of aryl methyl sites for hydroxylation is 2. The van der Waals surface area contributed by atoms with E-state index in [2.05, 4.69) is 166 Å². The quantitative estimate of drug-likeness (QED) is 0.182. The zero-order chi connectivity index (χ0) is 30.0. The fourth-order valence-electron chi connectivity index (χ4n) is 6.19. The predicted octanol–water partition coefficient (Wildman–Crippen LogP) is 10.8. The Bertz CT molecular complexity index is 1390. The molecule has 0 atom stereocenters. The van der Waals surface area contributed by atoms with Crippen molar-refractivity contribution in [1.29, 1.82) is 0 Å². The van der Waals surface area contributed by atoms with Crippen LogP contribution in [0.5, 0.6) is 0 Å². The molecule has 0 N–H and O–H groups in total. The molecule has 0 spiro atoms. The van der Waals surface area contributed by atoms with E-state index in [-0.39, 0.29) is 23.6 Å². The van der Waals surface area contributed by atoms with Crippen molar-refractivity contribution in [2.75, 3.05) is 0 Å². The van der Waals surface area contributed by atoms with Gasteiger partial charge in [0.1, 0.15) is 0 Å². The summed E-state index contributed by atoms with van der Waals surface area (Å²) in [6.45, 7) is 24.0. The van der Waals surface area contributed by atoms with Gasteiger partial charge in [-0.15, -0.1) is 0 Å². The standard InChI is InChI=1S/C39H50P2/c1-29-18-14-16-22-35(29)40(36-23-17-15-19-30(36)2)27-32-26-34(39(9,10)33-20-12-11-13-21-33)25-24-31(32)28-41(37(3,4)5)38(6,7)8/h11-26H,27-28H2,1-10H3. The van der Waals surface area contributed by atoms with Crippen LogP contribution in [0.25, 0.3) is 0 Å². The van der Waals surface area contributed by atoms with Crippen molar-refractivity contribution in [3.05, 3.63) is 130 Å². The zero-order valence-electron chi connectivity index (χ0n) is 27.0. The molecule has 0 radical (unpaired) electrons. The summed E-state index contributed by atoms with van der Waals surface area (Å²) in [6.07, 6.45) is 2.23. The molecule has 0 aliphatic carbocycles. The minimum atomic E-state index is -0.562. The van der Waals surface area contributed by atoms with Crippen LogP contribution in [0, 0.1) is 13.8 Å². The molecule has 0 aliphatic heterocycles. The first kappa shape index (κ1) is 31.7. The molecule has 0 aliphatic rings. The second-order valence-electron chi connectivity index (χ2n) is 14.1. The maximum Gasteiger partial charge on any atom is 0.0146 e.